The number of piperidine rings is 2. The lowest BCUT2D eigenvalue weighted by molar-refractivity contribution is 0.0695. The van der Waals surface area contributed by atoms with Gasteiger partial charge in [-0.1, -0.05) is 23.2 Å². The Morgan fingerprint density at radius 2 is 0.973 bits per heavy atom. The van der Waals surface area contributed by atoms with Crippen molar-refractivity contribution in [2.45, 2.75) is 219 Å². The molecule has 1 amide bonds. The fourth-order valence-corrected chi connectivity index (χ4v) is 13.6. The number of rotatable bonds is 17. The highest BCUT2D eigenvalue weighted by Crippen LogP contribution is 2.37. The van der Waals surface area contributed by atoms with E-state index in [-0.39, 0.29) is 34.1 Å². The van der Waals surface area contributed by atoms with Crippen LogP contribution in [0.3, 0.4) is 0 Å². The van der Waals surface area contributed by atoms with Crippen molar-refractivity contribution in [1.82, 2.24) is 25.8 Å². The van der Waals surface area contributed by atoms with E-state index in [9.17, 15) is 14.7 Å². The van der Waals surface area contributed by atoms with Crippen molar-refractivity contribution >= 4 is 46.5 Å². The quantitative estimate of drug-likeness (QED) is 0.103. The third kappa shape index (κ3) is 18.8. The molecule has 13 nitrogen and oxygen atoms in total. The van der Waals surface area contributed by atoms with Gasteiger partial charge >= 0.3 is 5.97 Å². The van der Waals surface area contributed by atoms with E-state index < -0.39 is 5.97 Å². The lowest BCUT2D eigenvalue weighted by atomic mass is 9.79. The minimum atomic E-state index is -0.925. The van der Waals surface area contributed by atoms with E-state index in [1.807, 2.05) is 25.1 Å². The van der Waals surface area contributed by atoms with Crippen molar-refractivity contribution in [3.8, 4) is 0 Å². The molecule has 4 aliphatic rings. The number of methoxy groups -OCH3 is 2. The summed E-state index contributed by atoms with van der Waals surface area (Å²) in [6.07, 6.45) is 13.1. The van der Waals surface area contributed by atoms with Gasteiger partial charge in [-0.2, -0.15) is 0 Å². The minimum absolute atomic E-state index is 0.0192. The van der Waals surface area contributed by atoms with Gasteiger partial charge in [0.1, 0.15) is 0 Å². The second kappa shape index (κ2) is 27.5. The molecule has 2 aromatic rings. The summed E-state index contributed by atoms with van der Waals surface area (Å²) in [6, 6.07) is 9.90. The number of ether oxygens (including phenoxy) is 2. The summed E-state index contributed by atoms with van der Waals surface area (Å²) in [7, 11) is 7.88. The van der Waals surface area contributed by atoms with Crippen molar-refractivity contribution in [2.75, 3.05) is 77.5 Å². The van der Waals surface area contributed by atoms with Crippen LogP contribution >= 0.6 is 23.2 Å². The minimum Gasteiger partial charge on any atom is -0.478 e. The highest BCUT2D eigenvalue weighted by atomic mass is 35.5. The van der Waals surface area contributed by atoms with Crippen LogP contribution in [-0.4, -0.2) is 153 Å². The van der Waals surface area contributed by atoms with Crippen LogP contribution in [0, 0.1) is 13.8 Å². The Balaban J connectivity index is 0.000000270. The van der Waals surface area contributed by atoms with E-state index in [1.54, 1.807) is 14.2 Å². The van der Waals surface area contributed by atoms with Gasteiger partial charge in [-0.25, -0.2) is 4.79 Å². The number of benzene rings is 2. The van der Waals surface area contributed by atoms with E-state index >= 15 is 0 Å². The van der Waals surface area contributed by atoms with Gasteiger partial charge in [0, 0.05) is 126 Å². The number of nitrogens with one attached hydrogen (secondary N) is 3. The lowest BCUT2D eigenvalue weighted by Gasteiger charge is -2.46. The van der Waals surface area contributed by atoms with Crippen molar-refractivity contribution < 1.29 is 24.2 Å². The molecule has 6 N–H and O–H groups in total. The number of nitrogens with zero attached hydrogens (tertiary/aromatic N) is 4. The van der Waals surface area contributed by atoms with Crippen molar-refractivity contribution in [3.63, 3.8) is 0 Å². The normalized spacial score (nSPS) is 23.7. The van der Waals surface area contributed by atoms with Gasteiger partial charge in [0.05, 0.1) is 18.8 Å². The number of carbonyl (C=O) groups is 2. The summed E-state index contributed by atoms with van der Waals surface area (Å²) in [4.78, 5) is 34.7. The Labute approximate surface area is 452 Å². The van der Waals surface area contributed by atoms with Gasteiger partial charge in [-0.15, -0.1) is 0 Å². The Morgan fingerprint density at radius 1 is 0.630 bits per heavy atom. The highest BCUT2D eigenvalue weighted by molar-refractivity contribution is 6.31. The molecule has 0 radical (unpaired) electrons. The van der Waals surface area contributed by atoms with Crippen LogP contribution in [0.15, 0.2) is 24.3 Å². The number of anilines is 2. The van der Waals surface area contributed by atoms with Gasteiger partial charge in [0.25, 0.3) is 5.91 Å². The molecule has 2 aliphatic carbocycles. The van der Waals surface area contributed by atoms with Crippen LogP contribution in [0.2, 0.25) is 10.0 Å². The Morgan fingerprint density at radius 3 is 1.32 bits per heavy atom. The summed E-state index contributed by atoms with van der Waals surface area (Å²) in [5, 5.41) is 21.2. The molecule has 0 atom stereocenters. The Hall–Kier alpha value is -2.72. The zero-order valence-corrected chi connectivity index (χ0v) is 49.7. The first-order chi connectivity index (χ1) is 34.0. The number of nitrogens with two attached hydrogens (primary N) is 1. The largest absolute Gasteiger partial charge is 0.478 e. The zero-order chi connectivity index (χ0) is 54.6. The van der Waals surface area contributed by atoms with Crippen LogP contribution in [0.4, 0.5) is 11.4 Å². The van der Waals surface area contributed by atoms with E-state index in [1.165, 1.54) is 18.9 Å². The molecule has 0 spiro atoms. The monoisotopic (exact) mass is 1060 g/mol. The number of carbonyl (C=O) groups excluding carboxylic acids is 1. The topological polar surface area (TPSA) is 148 Å². The van der Waals surface area contributed by atoms with Crippen molar-refractivity contribution in [2.24, 2.45) is 5.73 Å². The van der Waals surface area contributed by atoms with Crippen LogP contribution in [0.25, 0.3) is 0 Å². The molecule has 2 aliphatic heterocycles. The first-order valence-electron chi connectivity index (χ1n) is 27.5. The molecule has 6 rings (SSSR count). The smallest absolute Gasteiger partial charge is 0.336 e. The Bertz CT molecular complexity index is 2040. The number of aromatic carboxylic acids is 1. The van der Waals surface area contributed by atoms with E-state index in [4.69, 9.17) is 38.4 Å². The predicted octanol–water partition coefficient (Wildman–Crippen LogP) is 10.7. The van der Waals surface area contributed by atoms with Crippen molar-refractivity contribution in [1.29, 1.82) is 0 Å². The molecule has 2 saturated heterocycles. The zero-order valence-electron chi connectivity index (χ0n) is 48.2. The summed E-state index contributed by atoms with van der Waals surface area (Å²) in [5.74, 6) is -0.944. The number of amides is 1. The molecule has 73 heavy (non-hydrogen) atoms. The van der Waals surface area contributed by atoms with E-state index in [0.717, 1.165) is 126 Å². The van der Waals surface area contributed by atoms with Crippen LogP contribution in [0.1, 0.15) is 178 Å². The number of hydrogen-bond donors (Lipinski definition) is 5. The molecule has 0 aromatic heterocycles. The lowest BCUT2D eigenvalue weighted by Crippen LogP contribution is -2.62. The Kier molecular flexibility index (Phi) is 23.7. The molecule has 2 heterocycles. The third-order valence-corrected chi connectivity index (χ3v) is 16.4. The van der Waals surface area contributed by atoms with E-state index in [0.29, 0.717) is 51.4 Å². The molecule has 0 bridgehead atoms. The number of halogens is 2. The fraction of sp³-hybridized carbons (Fsp3) is 0.759. The number of carboxylic acids is 1. The van der Waals surface area contributed by atoms with Gasteiger partial charge in [0.2, 0.25) is 0 Å². The van der Waals surface area contributed by atoms with Crippen molar-refractivity contribution in [3.05, 3.63) is 56.6 Å². The van der Waals surface area contributed by atoms with Crippen LogP contribution in [0.5, 0.6) is 0 Å². The average molecular weight is 1060 g/mol. The van der Waals surface area contributed by atoms with Gasteiger partial charge < -0.3 is 55.9 Å². The molecular formula is C58H100Cl2N8O5. The SMILES string of the molecule is CC1(C)CC(N)CC(C)(C)N1.CCN(c1cc(Cl)cc(C(=O)NC2CC(C)(C)NC(C)(C)C2)c1C)C1CCC(N(C)CCOC)CC1.CCN(c1cc(Cl)cc(C(=O)O)c1C)C1CCC(N(C)CCOC)CC1. The van der Waals surface area contributed by atoms with Gasteiger partial charge in [-0.05, 0) is 210 Å². The van der Waals surface area contributed by atoms with Gasteiger partial charge in [0.15, 0.2) is 0 Å². The molecule has 15 heteroatoms. The number of hydrogen-bond acceptors (Lipinski definition) is 11. The first kappa shape index (κ1) is 62.8. The van der Waals surface area contributed by atoms with Gasteiger partial charge in [-0.3, -0.25) is 4.79 Å². The molecular weight excluding hydrogens is 960 g/mol. The molecule has 2 aromatic carbocycles. The first-order valence-corrected chi connectivity index (χ1v) is 28.2. The van der Waals surface area contributed by atoms with Crippen LogP contribution < -0.4 is 31.5 Å². The third-order valence-electron chi connectivity index (χ3n) is 16.0. The second-order valence-corrected chi connectivity index (χ2v) is 25.3. The molecule has 0 unspecified atom stereocenters. The number of likely N-dealkylation sites (N-methyl/N-ethyl adjacent to an activating group) is 2. The standard InChI is InChI=1S/C29H49ClN4O2.C20H31ClN2O3.C9H20N2/c1-9-34(24-12-10-23(11-13-24)33(7)14-15-36-8)26-17-21(30)16-25(20(26)2)27(35)31-22-18-28(3,4)32-29(5,6)19-22;1-5-23(19-13-15(21)12-18(14(19)2)20(24)25)17-8-6-16(7-9-17)22(3)10-11-26-4;1-8(2)5-7(10)6-9(3,4)11-8/h16-17,22-24,32H,9-15,18-19H2,1-8H3,(H,31,35);12-13,16-17H,5-11H2,1-4H3,(H,24,25);7,11H,5-6,10H2,1-4H3. The highest BCUT2D eigenvalue weighted by Gasteiger charge is 2.39. The molecule has 416 valence electrons. The maximum atomic E-state index is 13.5. The number of carboxylic acid groups (broad SMARTS) is 1. The summed E-state index contributed by atoms with van der Waals surface area (Å²) < 4.78 is 10.4. The second-order valence-electron chi connectivity index (χ2n) is 24.5. The summed E-state index contributed by atoms with van der Waals surface area (Å²) in [5.41, 5.74) is 11.2. The average Bonchev–Trinajstić information content (AvgIpc) is 3.28. The maximum absolute atomic E-state index is 13.5. The van der Waals surface area contributed by atoms with E-state index in [2.05, 4.69) is 126 Å². The maximum Gasteiger partial charge on any atom is 0.336 e. The molecule has 2 saturated carbocycles. The summed E-state index contributed by atoms with van der Waals surface area (Å²) >= 11 is 12.8. The fourth-order valence-electron chi connectivity index (χ4n) is 13.2. The van der Waals surface area contributed by atoms with Crippen LogP contribution in [-0.2, 0) is 9.47 Å². The predicted molar refractivity (Wildman–Crippen MR) is 307 cm³/mol. The molecule has 4 fully saturated rings. The summed E-state index contributed by atoms with van der Waals surface area (Å²) in [6.45, 7) is 31.2.